The highest BCUT2D eigenvalue weighted by molar-refractivity contribution is 5.59. The molecule has 0 radical (unpaired) electrons. The van der Waals surface area contributed by atoms with E-state index in [-0.39, 0.29) is 41.7 Å². The summed E-state index contributed by atoms with van der Waals surface area (Å²) in [4.78, 5) is 11.4. The van der Waals surface area contributed by atoms with Crippen molar-refractivity contribution in [2.75, 3.05) is 19.8 Å². The maximum atomic E-state index is 14.6. The number of halogens is 10. The first-order valence-corrected chi connectivity index (χ1v) is 21.1. The fraction of sp³-hybridized carbons (Fsp3) is 0.468. The number of benzene rings is 4. The first-order valence-electron chi connectivity index (χ1n) is 21.1. The van der Waals surface area contributed by atoms with Gasteiger partial charge in [-0.3, -0.25) is 0 Å². The number of ether oxygens (including phenoxy) is 4. The van der Waals surface area contributed by atoms with Crippen molar-refractivity contribution in [2.24, 2.45) is 0 Å². The summed E-state index contributed by atoms with van der Waals surface area (Å²) in [6, 6.07) is 19.9. The van der Waals surface area contributed by atoms with Crippen LogP contribution in [0.25, 0.3) is 0 Å². The Balaban J connectivity index is 0.000000254. The van der Waals surface area contributed by atoms with Gasteiger partial charge in [0, 0.05) is 0 Å². The van der Waals surface area contributed by atoms with Crippen LogP contribution in [-0.2, 0) is 57.0 Å². The zero-order chi connectivity index (χ0) is 49.6. The van der Waals surface area contributed by atoms with Crippen LogP contribution in [0.15, 0.2) is 84.9 Å². The van der Waals surface area contributed by atoms with E-state index in [1.165, 1.54) is 6.92 Å². The summed E-state index contributed by atoms with van der Waals surface area (Å²) in [5.74, 6) is -7.93. The second kappa shape index (κ2) is 21.6. The fourth-order valence-corrected chi connectivity index (χ4v) is 7.69. The third-order valence-electron chi connectivity index (χ3n) is 11.5. The number of hydrogen-bond acceptors (Lipinski definition) is 10. The molecule has 2 heterocycles. The number of rotatable bonds is 12. The minimum absolute atomic E-state index is 0.00585. The van der Waals surface area contributed by atoms with Gasteiger partial charge in [0.15, 0.2) is 6.10 Å². The zero-order valence-corrected chi connectivity index (χ0v) is 36.2. The Labute approximate surface area is 378 Å². The van der Waals surface area contributed by atoms with Crippen molar-refractivity contribution < 1.29 is 93.2 Å². The lowest BCUT2D eigenvalue weighted by Gasteiger charge is -2.42. The summed E-state index contributed by atoms with van der Waals surface area (Å²) in [6.45, 7) is 3.16. The molecule has 8 atom stereocenters. The van der Waals surface area contributed by atoms with Crippen molar-refractivity contribution in [2.45, 2.75) is 119 Å². The molecule has 0 spiro atoms. The van der Waals surface area contributed by atoms with Crippen LogP contribution >= 0.6 is 0 Å². The Kier molecular flexibility index (Phi) is 17.2. The standard InChI is InChI=1S/C25H27F5O6.C22H23F5O4/c1-3-14-5-7-15(8-6-14)11-17-12-16(9-10-18(17)25(28,29)30)21-20(31)22(32)24(26,27)19(36-21)13-35-23(33)34-4-2;1-2-12-3-5-13(6-4-12)9-15-10-14(7-8-16(15)22(25,26)27)19-18(29)20(30)21(23,24)17(11-28)31-19/h5-10,12,19-22,31-32H,3-4,11,13H2,1-2H3;3-8,10,17-20,28-30H,2,9,11H2,1H3. The van der Waals surface area contributed by atoms with Crippen molar-refractivity contribution >= 4 is 6.16 Å². The summed E-state index contributed by atoms with van der Waals surface area (Å²) in [5, 5.41) is 49.6. The average molecular weight is 965 g/mol. The highest BCUT2D eigenvalue weighted by atomic mass is 19.4. The molecule has 6 rings (SSSR count). The van der Waals surface area contributed by atoms with Gasteiger partial charge in [-0.05, 0) is 89.2 Å². The number of aryl methyl sites for hydroxylation is 2. The molecule has 0 saturated carbocycles. The van der Waals surface area contributed by atoms with Gasteiger partial charge < -0.3 is 44.5 Å². The van der Waals surface area contributed by atoms with Gasteiger partial charge in [-0.2, -0.15) is 26.3 Å². The normalized spacial score (nSPS) is 24.9. The third-order valence-corrected chi connectivity index (χ3v) is 11.5. The smallest absolute Gasteiger partial charge is 0.435 e. The van der Waals surface area contributed by atoms with Crippen LogP contribution in [0.3, 0.4) is 0 Å². The van der Waals surface area contributed by atoms with E-state index in [9.17, 15) is 74.2 Å². The van der Waals surface area contributed by atoms with Gasteiger partial charge in [0.1, 0.15) is 49.3 Å². The lowest BCUT2D eigenvalue weighted by Crippen LogP contribution is -2.60. The molecule has 0 aromatic heterocycles. The third kappa shape index (κ3) is 12.4. The van der Waals surface area contributed by atoms with E-state index in [4.69, 9.17) is 9.47 Å². The van der Waals surface area contributed by atoms with E-state index < -0.39 is 104 Å². The Morgan fingerprint density at radius 2 is 0.955 bits per heavy atom. The number of carbonyl (C=O) groups excluding carboxylic acids is 1. The summed E-state index contributed by atoms with van der Waals surface area (Å²) >= 11 is 0. The Morgan fingerprint density at radius 3 is 1.31 bits per heavy atom. The first-order chi connectivity index (χ1) is 31.4. The molecule has 0 amide bonds. The molecular formula is C47H50F10O10. The van der Waals surface area contributed by atoms with Gasteiger partial charge in [0.2, 0.25) is 0 Å². The highest BCUT2D eigenvalue weighted by Crippen LogP contribution is 2.44. The maximum Gasteiger partial charge on any atom is 0.508 e. The van der Waals surface area contributed by atoms with Crippen LogP contribution in [0.1, 0.15) is 88.6 Å². The predicted octanol–water partition coefficient (Wildman–Crippen LogP) is 8.48. The summed E-state index contributed by atoms with van der Waals surface area (Å²) < 4.78 is 158. The molecule has 10 nitrogen and oxygen atoms in total. The summed E-state index contributed by atoms with van der Waals surface area (Å²) in [6.07, 6.45) is -26.1. The minimum Gasteiger partial charge on any atom is -0.435 e. The molecule has 5 N–H and O–H groups in total. The van der Waals surface area contributed by atoms with Crippen LogP contribution < -0.4 is 0 Å². The van der Waals surface area contributed by atoms with Gasteiger partial charge in [0.05, 0.1) is 24.3 Å². The van der Waals surface area contributed by atoms with Crippen molar-refractivity contribution in [3.63, 3.8) is 0 Å². The molecule has 20 heteroatoms. The Bertz CT molecular complexity index is 2250. The van der Waals surface area contributed by atoms with Crippen LogP contribution in [0, 0.1) is 0 Å². The summed E-state index contributed by atoms with van der Waals surface area (Å²) in [7, 11) is 0. The molecule has 8 unspecified atom stereocenters. The molecule has 2 fully saturated rings. The van der Waals surface area contributed by atoms with Crippen molar-refractivity contribution in [3.8, 4) is 0 Å². The molecule has 368 valence electrons. The number of aliphatic hydroxyl groups is 5. The molecule has 0 bridgehead atoms. The lowest BCUT2D eigenvalue weighted by molar-refractivity contribution is -0.296. The minimum atomic E-state index is -4.69. The highest BCUT2D eigenvalue weighted by Gasteiger charge is 2.59. The van der Waals surface area contributed by atoms with Crippen molar-refractivity contribution in [1.82, 2.24) is 0 Å². The van der Waals surface area contributed by atoms with Crippen molar-refractivity contribution in [3.05, 3.63) is 141 Å². The maximum absolute atomic E-state index is 14.6. The van der Waals surface area contributed by atoms with Gasteiger partial charge in [-0.25, -0.2) is 22.4 Å². The van der Waals surface area contributed by atoms with Gasteiger partial charge in [-0.15, -0.1) is 0 Å². The number of hydrogen-bond donors (Lipinski definition) is 5. The molecule has 4 aromatic rings. The predicted molar refractivity (Wildman–Crippen MR) is 219 cm³/mol. The zero-order valence-electron chi connectivity index (χ0n) is 36.2. The monoisotopic (exact) mass is 964 g/mol. The van der Waals surface area contributed by atoms with E-state index in [1.54, 1.807) is 36.4 Å². The summed E-state index contributed by atoms with van der Waals surface area (Å²) in [5.41, 5.74) is 1.07. The second-order valence-electron chi connectivity index (χ2n) is 16.0. The quantitative estimate of drug-likeness (QED) is 0.0690. The average Bonchev–Trinajstić information content (AvgIpc) is 3.27. The van der Waals surface area contributed by atoms with E-state index >= 15 is 0 Å². The molecule has 0 aliphatic carbocycles. The number of carbonyl (C=O) groups is 1. The molecule has 67 heavy (non-hydrogen) atoms. The van der Waals surface area contributed by atoms with Crippen LogP contribution in [0.5, 0.6) is 0 Å². The lowest BCUT2D eigenvalue weighted by atomic mass is 9.88. The topological polar surface area (TPSA) is 155 Å². The van der Waals surface area contributed by atoms with Crippen LogP contribution in [0.2, 0.25) is 0 Å². The van der Waals surface area contributed by atoms with E-state index in [1.807, 2.05) is 26.0 Å². The number of alkyl halides is 10. The molecule has 2 saturated heterocycles. The largest absolute Gasteiger partial charge is 0.508 e. The SMILES string of the molecule is CCOC(=O)OCC1OC(c2ccc(C(F)(F)F)c(Cc3ccc(CC)cc3)c2)C(O)C(O)C1(F)F.CCc1ccc(Cc2cc(C3OC(CO)C(F)(F)C(O)C3O)ccc2C(F)(F)F)cc1. The number of aliphatic hydroxyl groups excluding tert-OH is 5. The van der Waals surface area contributed by atoms with E-state index in [2.05, 4.69) is 9.47 Å². The van der Waals surface area contributed by atoms with Gasteiger partial charge >= 0.3 is 30.4 Å². The molecule has 4 aromatic carbocycles. The molecule has 2 aliphatic heterocycles. The van der Waals surface area contributed by atoms with Crippen LogP contribution in [-0.4, -0.2) is 100.0 Å². The second-order valence-corrected chi connectivity index (χ2v) is 16.0. The van der Waals surface area contributed by atoms with Crippen molar-refractivity contribution in [1.29, 1.82) is 0 Å². The van der Waals surface area contributed by atoms with E-state index in [0.29, 0.717) is 11.1 Å². The van der Waals surface area contributed by atoms with Gasteiger partial charge in [-0.1, -0.05) is 86.6 Å². The van der Waals surface area contributed by atoms with Gasteiger partial charge in [0.25, 0.3) is 0 Å². The van der Waals surface area contributed by atoms with Crippen LogP contribution in [0.4, 0.5) is 48.7 Å². The molecular weight excluding hydrogens is 914 g/mol. The first kappa shape index (κ1) is 53.1. The van der Waals surface area contributed by atoms with E-state index in [0.717, 1.165) is 60.4 Å². The Morgan fingerprint density at radius 1 is 0.582 bits per heavy atom. The Hall–Kier alpha value is -4.83. The fourth-order valence-electron chi connectivity index (χ4n) is 7.69. The molecule has 2 aliphatic rings.